The molecular weight excluding hydrogens is 260 g/mol. The number of nitrogens with zero attached hydrogens (tertiary/aromatic N) is 1. The van der Waals surface area contributed by atoms with Crippen LogP contribution in [0, 0.1) is 5.41 Å². The zero-order chi connectivity index (χ0) is 11.5. The van der Waals surface area contributed by atoms with Gasteiger partial charge in [0.1, 0.15) is 6.04 Å². The summed E-state index contributed by atoms with van der Waals surface area (Å²) in [5.41, 5.74) is 0. The summed E-state index contributed by atoms with van der Waals surface area (Å²) in [6, 6.07) is 3.72. The monoisotopic (exact) mass is 274 g/mol. The van der Waals surface area contributed by atoms with Gasteiger partial charge in [0.15, 0.2) is 0 Å². The van der Waals surface area contributed by atoms with Crippen molar-refractivity contribution in [2.75, 3.05) is 7.11 Å². The van der Waals surface area contributed by atoms with E-state index in [0.29, 0.717) is 25.2 Å². The first-order chi connectivity index (χ1) is 7.72. The molecule has 6 heteroatoms. The Bertz CT molecular complexity index is 394. The van der Waals surface area contributed by atoms with E-state index in [0.717, 1.165) is 0 Å². The second-order valence-corrected chi connectivity index (χ2v) is 4.76. The van der Waals surface area contributed by atoms with Gasteiger partial charge in [0.25, 0.3) is 0 Å². The van der Waals surface area contributed by atoms with Gasteiger partial charge in [0.05, 0.1) is 19.5 Å². The van der Waals surface area contributed by atoms with Crippen LogP contribution in [0.15, 0.2) is 17.5 Å². The van der Waals surface area contributed by atoms with Crippen LogP contribution >= 0.6 is 23.7 Å². The molecule has 0 saturated carbocycles. The normalized spacial score (nSPS) is 19.0. The lowest BCUT2D eigenvalue weighted by Gasteiger charge is -2.23. The number of rotatable bonds is 3. The van der Waals surface area contributed by atoms with E-state index in [1.54, 1.807) is 11.3 Å². The molecule has 1 unspecified atom stereocenters. The number of nitrogens with one attached hydrogen (secondary N) is 1. The van der Waals surface area contributed by atoms with Gasteiger partial charge in [-0.05, 0) is 17.9 Å². The fourth-order valence-corrected chi connectivity index (χ4v) is 2.62. The molecule has 0 spiro atoms. The van der Waals surface area contributed by atoms with Gasteiger partial charge in [0, 0.05) is 11.3 Å². The first-order valence-electron chi connectivity index (χ1n) is 5.16. The van der Waals surface area contributed by atoms with E-state index in [2.05, 4.69) is 0 Å². The SMILES string of the molecule is COC(=O)C1CCC(=N)N1Cc1cccs1.Cl. The van der Waals surface area contributed by atoms with Gasteiger partial charge in [-0.1, -0.05) is 6.07 Å². The van der Waals surface area contributed by atoms with E-state index in [-0.39, 0.29) is 24.4 Å². The van der Waals surface area contributed by atoms with Gasteiger partial charge >= 0.3 is 5.97 Å². The molecule has 1 N–H and O–H groups in total. The third kappa shape index (κ3) is 2.98. The molecule has 0 amide bonds. The molecule has 2 heterocycles. The second kappa shape index (κ2) is 6.02. The van der Waals surface area contributed by atoms with Crippen LogP contribution in [0.3, 0.4) is 0 Å². The van der Waals surface area contributed by atoms with Crippen LogP contribution in [-0.2, 0) is 16.1 Å². The number of likely N-dealkylation sites (tertiary alicyclic amines) is 1. The molecule has 1 aromatic rings. The Hall–Kier alpha value is -1.07. The maximum Gasteiger partial charge on any atom is 0.328 e. The van der Waals surface area contributed by atoms with Crippen LogP contribution < -0.4 is 0 Å². The van der Waals surface area contributed by atoms with E-state index >= 15 is 0 Å². The fraction of sp³-hybridized carbons (Fsp3) is 0.455. The van der Waals surface area contributed by atoms with Crippen LogP contribution in [-0.4, -0.2) is 29.9 Å². The predicted molar refractivity (Wildman–Crippen MR) is 69.9 cm³/mol. The minimum Gasteiger partial charge on any atom is -0.467 e. The Morgan fingerprint density at radius 2 is 2.47 bits per heavy atom. The summed E-state index contributed by atoms with van der Waals surface area (Å²) in [6.07, 6.45) is 1.35. The van der Waals surface area contributed by atoms with Gasteiger partial charge in [-0.2, -0.15) is 0 Å². The number of hydrogen-bond acceptors (Lipinski definition) is 4. The highest BCUT2D eigenvalue weighted by Crippen LogP contribution is 2.24. The number of hydrogen-bond donors (Lipinski definition) is 1. The van der Waals surface area contributed by atoms with E-state index in [9.17, 15) is 4.79 Å². The summed E-state index contributed by atoms with van der Waals surface area (Å²) in [5.74, 6) is 0.294. The van der Waals surface area contributed by atoms with Crippen LogP contribution in [0.5, 0.6) is 0 Å². The lowest BCUT2D eigenvalue weighted by molar-refractivity contribution is -0.145. The van der Waals surface area contributed by atoms with Crippen LogP contribution in [0.2, 0.25) is 0 Å². The van der Waals surface area contributed by atoms with Crippen molar-refractivity contribution >= 4 is 35.5 Å². The van der Waals surface area contributed by atoms with Gasteiger partial charge in [0.2, 0.25) is 0 Å². The number of amidine groups is 1. The summed E-state index contributed by atoms with van der Waals surface area (Å²) >= 11 is 1.64. The lowest BCUT2D eigenvalue weighted by atomic mass is 10.2. The van der Waals surface area contributed by atoms with Crippen molar-refractivity contribution in [2.45, 2.75) is 25.4 Å². The van der Waals surface area contributed by atoms with E-state index in [4.69, 9.17) is 10.1 Å². The Kier molecular flexibility index (Phi) is 4.96. The Morgan fingerprint density at radius 1 is 1.71 bits per heavy atom. The molecule has 2 rings (SSSR count). The molecule has 0 bridgehead atoms. The molecule has 1 fully saturated rings. The van der Waals surface area contributed by atoms with Crippen LogP contribution in [0.4, 0.5) is 0 Å². The number of carbonyl (C=O) groups excluding carboxylic acids is 1. The molecule has 1 atom stereocenters. The first kappa shape index (κ1) is 14.0. The molecule has 17 heavy (non-hydrogen) atoms. The van der Waals surface area contributed by atoms with E-state index in [1.165, 1.54) is 12.0 Å². The number of ether oxygens (including phenoxy) is 1. The average Bonchev–Trinajstić information content (AvgIpc) is 2.90. The summed E-state index contributed by atoms with van der Waals surface area (Å²) in [5, 5.41) is 9.83. The third-order valence-electron chi connectivity index (χ3n) is 2.76. The highest BCUT2D eigenvalue weighted by atomic mass is 35.5. The predicted octanol–water partition coefficient (Wildman–Crippen LogP) is 2.28. The van der Waals surface area contributed by atoms with Crippen molar-refractivity contribution in [3.05, 3.63) is 22.4 Å². The molecule has 0 radical (unpaired) electrons. The largest absolute Gasteiger partial charge is 0.467 e. The van der Waals surface area contributed by atoms with Crippen molar-refractivity contribution in [3.63, 3.8) is 0 Å². The maximum absolute atomic E-state index is 11.5. The molecule has 1 aromatic heterocycles. The minimum atomic E-state index is -0.278. The van der Waals surface area contributed by atoms with Crippen molar-refractivity contribution in [2.24, 2.45) is 0 Å². The number of methoxy groups -OCH3 is 1. The highest BCUT2D eigenvalue weighted by Gasteiger charge is 2.34. The smallest absolute Gasteiger partial charge is 0.328 e. The molecule has 1 aliphatic rings. The van der Waals surface area contributed by atoms with Crippen molar-refractivity contribution in [1.82, 2.24) is 4.90 Å². The Morgan fingerprint density at radius 3 is 3.06 bits per heavy atom. The van der Waals surface area contributed by atoms with Crippen molar-refractivity contribution in [3.8, 4) is 0 Å². The first-order valence-corrected chi connectivity index (χ1v) is 6.04. The van der Waals surface area contributed by atoms with Crippen LogP contribution in [0.25, 0.3) is 0 Å². The van der Waals surface area contributed by atoms with Gasteiger partial charge < -0.3 is 9.64 Å². The standard InChI is InChI=1S/C11H14N2O2S.ClH/c1-15-11(14)9-4-5-10(12)13(9)7-8-3-2-6-16-8;/h2-3,6,9,12H,4-5,7H2,1H3;1H. The molecule has 0 aromatic carbocycles. The maximum atomic E-state index is 11.5. The molecule has 94 valence electrons. The topological polar surface area (TPSA) is 53.4 Å². The van der Waals surface area contributed by atoms with Gasteiger partial charge in [-0.15, -0.1) is 23.7 Å². The molecule has 1 saturated heterocycles. The average molecular weight is 275 g/mol. The summed E-state index contributed by atoms with van der Waals surface area (Å²) < 4.78 is 4.76. The summed E-state index contributed by atoms with van der Waals surface area (Å²) in [7, 11) is 1.40. The number of halogens is 1. The summed E-state index contributed by atoms with van der Waals surface area (Å²) in [6.45, 7) is 0.635. The number of esters is 1. The molecular formula is C11H15ClN2O2S. The van der Waals surface area contributed by atoms with Crippen molar-refractivity contribution in [1.29, 1.82) is 5.41 Å². The van der Waals surface area contributed by atoms with E-state index < -0.39 is 0 Å². The minimum absolute atomic E-state index is 0. The zero-order valence-corrected chi connectivity index (χ0v) is 11.1. The van der Waals surface area contributed by atoms with Gasteiger partial charge in [-0.25, -0.2) is 4.79 Å². The second-order valence-electron chi connectivity index (χ2n) is 3.73. The molecule has 4 nitrogen and oxygen atoms in total. The molecule has 1 aliphatic heterocycles. The summed E-state index contributed by atoms with van der Waals surface area (Å²) in [4.78, 5) is 14.5. The van der Waals surface area contributed by atoms with Crippen molar-refractivity contribution < 1.29 is 9.53 Å². The van der Waals surface area contributed by atoms with Gasteiger partial charge in [-0.3, -0.25) is 5.41 Å². The highest BCUT2D eigenvalue weighted by molar-refractivity contribution is 7.09. The lowest BCUT2D eigenvalue weighted by Crippen LogP contribution is -2.38. The van der Waals surface area contributed by atoms with Crippen LogP contribution in [0.1, 0.15) is 17.7 Å². The number of thiophene rings is 1. The fourth-order valence-electron chi connectivity index (χ4n) is 1.92. The third-order valence-corrected chi connectivity index (χ3v) is 3.62. The molecule has 0 aliphatic carbocycles. The Labute approximate surface area is 110 Å². The van der Waals surface area contributed by atoms with E-state index in [1.807, 2.05) is 22.4 Å². The Balaban J connectivity index is 0.00000144. The number of carbonyl (C=O) groups is 1. The zero-order valence-electron chi connectivity index (χ0n) is 9.51. The quantitative estimate of drug-likeness (QED) is 0.861.